The lowest BCUT2D eigenvalue weighted by atomic mass is 10.1. The van der Waals surface area contributed by atoms with E-state index in [-0.39, 0.29) is 28.5 Å². The van der Waals surface area contributed by atoms with Crippen LogP contribution in [0.2, 0.25) is 0 Å². The predicted octanol–water partition coefficient (Wildman–Crippen LogP) is 2.71. The molecule has 162 valence electrons. The summed E-state index contributed by atoms with van der Waals surface area (Å²) in [5, 5.41) is 5.11. The number of nitrogens with zero attached hydrogens (tertiary/aromatic N) is 6. The number of hydrogen-bond acceptors (Lipinski definition) is 8. The van der Waals surface area contributed by atoms with E-state index < -0.39 is 6.29 Å². The molecule has 0 unspecified atom stereocenters. The van der Waals surface area contributed by atoms with Gasteiger partial charge in [0, 0.05) is 30.1 Å². The molecule has 2 N–H and O–H groups in total. The van der Waals surface area contributed by atoms with E-state index in [1.54, 1.807) is 6.07 Å². The third-order valence-corrected chi connectivity index (χ3v) is 6.55. The molecule has 3 aliphatic rings. The van der Waals surface area contributed by atoms with Crippen molar-refractivity contribution >= 4 is 28.2 Å². The molecule has 1 saturated carbocycles. The molecule has 1 aromatic carbocycles. The summed E-state index contributed by atoms with van der Waals surface area (Å²) in [6.45, 7) is 0.943. The molecule has 2 aliphatic heterocycles. The Labute approximate surface area is 179 Å². The standard InChI is InChI=1S/C21H17F2N7O2/c22-21(23)31-14-2-1-12-16(17(14)32-21)27-19(24)30-18(12)26-15(28-30)9-20(5-6-20)29-8-4-11-3-7-25-10-13(11)29/h1-3,7,10H,4-6,8-9H2,(H2,24,27). The Morgan fingerprint density at radius 3 is 2.84 bits per heavy atom. The van der Waals surface area contributed by atoms with Crippen LogP contribution >= 0.6 is 0 Å². The van der Waals surface area contributed by atoms with Crippen molar-refractivity contribution in [2.45, 2.75) is 37.5 Å². The van der Waals surface area contributed by atoms with Gasteiger partial charge < -0.3 is 20.1 Å². The second kappa shape index (κ2) is 5.72. The highest BCUT2D eigenvalue weighted by molar-refractivity contribution is 5.97. The van der Waals surface area contributed by atoms with Gasteiger partial charge in [-0.3, -0.25) is 4.98 Å². The average Bonchev–Trinajstić information content (AvgIpc) is 3.11. The minimum Gasteiger partial charge on any atom is -0.395 e. The molecule has 0 radical (unpaired) electrons. The number of alkyl halides is 2. The first-order chi connectivity index (χ1) is 15.4. The van der Waals surface area contributed by atoms with E-state index in [9.17, 15) is 8.78 Å². The highest BCUT2D eigenvalue weighted by Crippen LogP contribution is 2.49. The van der Waals surface area contributed by atoms with Crippen molar-refractivity contribution in [3.63, 3.8) is 0 Å². The zero-order valence-corrected chi connectivity index (χ0v) is 16.8. The highest BCUT2D eigenvalue weighted by Gasteiger charge is 2.51. The van der Waals surface area contributed by atoms with Gasteiger partial charge in [0.1, 0.15) is 5.52 Å². The van der Waals surface area contributed by atoms with Crippen LogP contribution in [0.4, 0.5) is 20.4 Å². The number of aromatic nitrogens is 5. The van der Waals surface area contributed by atoms with Gasteiger partial charge in [0.25, 0.3) is 0 Å². The Kier molecular flexibility index (Phi) is 3.20. The minimum absolute atomic E-state index is 0.0408. The quantitative estimate of drug-likeness (QED) is 0.522. The minimum atomic E-state index is -3.74. The van der Waals surface area contributed by atoms with Crippen LogP contribution < -0.4 is 20.1 Å². The van der Waals surface area contributed by atoms with Gasteiger partial charge in [-0.2, -0.15) is 4.52 Å². The van der Waals surface area contributed by atoms with Crippen LogP contribution in [-0.2, 0) is 12.8 Å². The third kappa shape index (κ3) is 2.41. The SMILES string of the molecule is Nc1nc2c3c(ccc2c2nc(CC4(N5CCc6ccncc65)CC4)nn12)OC(F)(F)O3. The van der Waals surface area contributed by atoms with Crippen LogP contribution in [0.5, 0.6) is 11.5 Å². The van der Waals surface area contributed by atoms with Crippen molar-refractivity contribution in [3.8, 4) is 11.5 Å². The molecular weight excluding hydrogens is 420 g/mol. The summed E-state index contributed by atoms with van der Waals surface area (Å²) in [7, 11) is 0. The largest absolute Gasteiger partial charge is 0.586 e. The number of pyridine rings is 1. The van der Waals surface area contributed by atoms with Crippen LogP contribution in [-0.4, -0.2) is 42.9 Å². The molecule has 0 amide bonds. The lowest BCUT2D eigenvalue weighted by Crippen LogP contribution is -2.38. The molecule has 0 spiro atoms. The lowest BCUT2D eigenvalue weighted by Gasteiger charge is -2.29. The highest BCUT2D eigenvalue weighted by atomic mass is 19.3. The maximum atomic E-state index is 13.6. The summed E-state index contributed by atoms with van der Waals surface area (Å²) in [6, 6.07) is 5.11. The zero-order chi connectivity index (χ0) is 21.7. The van der Waals surface area contributed by atoms with E-state index in [1.807, 2.05) is 12.4 Å². The van der Waals surface area contributed by atoms with Gasteiger partial charge >= 0.3 is 6.29 Å². The number of halogens is 2. The molecule has 1 fully saturated rings. The molecule has 5 heterocycles. The van der Waals surface area contributed by atoms with Crippen molar-refractivity contribution in [3.05, 3.63) is 42.0 Å². The number of nitrogens with two attached hydrogens (primary N) is 1. The predicted molar refractivity (Wildman–Crippen MR) is 110 cm³/mol. The summed E-state index contributed by atoms with van der Waals surface area (Å²) in [4.78, 5) is 15.7. The molecule has 11 heteroatoms. The fourth-order valence-electron chi connectivity index (χ4n) is 4.91. The molecule has 0 saturated heterocycles. The Morgan fingerprint density at radius 2 is 2.00 bits per heavy atom. The first-order valence-corrected chi connectivity index (χ1v) is 10.4. The molecule has 4 aromatic rings. The first kappa shape index (κ1) is 17.9. The van der Waals surface area contributed by atoms with Crippen molar-refractivity contribution in [1.29, 1.82) is 0 Å². The molecule has 3 aromatic heterocycles. The van der Waals surface area contributed by atoms with Crippen LogP contribution in [0.3, 0.4) is 0 Å². The topological polar surface area (TPSA) is 104 Å². The first-order valence-electron chi connectivity index (χ1n) is 10.4. The van der Waals surface area contributed by atoms with Crippen LogP contribution in [0.25, 0.3) is 16.6 Å². The van der Waals surface area contributed by atoms with Crippen molar-refractivity contribution in [1.82, 2.24) is 24.6 Å². The second-order valence-corrected chi connectivity index (χ2v) is 8.50. The van der Waals surface area contributed by atoms with E-state index in [4.69, 9.17) is 10.7 Å². The molecule has 0 atom stereocenters. The third-order valence-electron chi connectivity index (χ3n) is 6.55. The number of ether oxygens (including phenoxy) is 2. The summed E-state index contributed by atoms with van der Waals surface area (Å²) < 4.78 is 37.8. The summed E-state index contributed by atoms with van der Waals surface area (Å²) >= 11 is 0. The molecule has 32 heavy (non-hydrogen) atoms. The monoisotopic (exact) mass is 437 g/mol. The van der Waals surface area contributed by atoms with Gasteiger partial charge in [-0.15, -0.1) is 13.9 Å². The molecule has 1 aliphatic carbocycles. The number of anilines is 2. The number of fused-ring (bicyclic) bond motifs is 6. The Balaban J connectivity index is 1.30. The molecule has 0 bridgehead atoms. The van der Waals surface area contributed by atoms with E-state index in [2.05, 4.69) is 35.5 Å². The average molecular weight is 437 g/mol. The normalized spacial score (nSPS) is 19.6. The number of hydrogen-bond donors (Lipinski definition) is 1. The summed E-state index contributed by atoms with van der Waals surface area (Å²) in [6.07, 6.45) is 3.74. The van der Waals surface area contributed by atoms with Crippen molar-refractivity contribution in [2.24, 2.45) is 0 Å². The van der Waals surface area contributed by atoms with Gasteiger partial charge in [-0.05, 0) is 43.0 Å². The fraction of sp³-hybridized carbons (Fsp3) is 0.333. The Bertz CT molecular complexity index is 1430. The maximum absolute atomic E-state index is 13.6. The van der Waals surface area contributed by atoms with Crippen LogP contribution in [0.15, 0.2) is 30.6 Å². The van der Waals surface area contributed by atoms with Gasteiger partial charge in [-0.1, -0.05) is 0 Å². The van der Waals surface area contributed by atoms with Gasteiger partial charge in [0.2, 0.25) is 5.95 Å². The van der Waals surface area contributed by atoms with Crippen molar-refractivity contribution in [2.75, 3.05) is 17.2 Å². The summed E-state index contributed by atoms with van der Waals surface area (Å²) in [5.41, 5.74) is 9.16. The van der Waals surface area contributed by atoms with Crippen molar-refractivity contribution < 1.29 is 18.3 Å². The number of nitrogen functional groups attached to an aromatic ring is 1. The van der Waals surface area contributed by atoms with Gasteiger partial charge in [-0.25, -0.2) is 9.97 Å². The number of rotatable bonds is 3. The van der Waals surface area contributed by atoms with Crippen LogP contribution in [0, 0.1) is 0 Å². The zero-order valence-electron chi connectivity index (χ0n) is 16.8. The van der Waals surface area contributed by atoms with E-state index in [0.29, 0.717) is 23.3 Å². The van der Waals surface area contributed by atoms with Gasteiger partial charge in [0.15, 0.2) is 23.0 Å². The van der Waals surface area contributed by atoms with Crippen LogP contribution in [0.1, 0.15) is 24.2 Å². The summed E-state index contributed by atoms with van der Waals surface area (Å²) in [5.74, 6) is 0.436. The molecular formula is C21H17F2N7O2. The Morgan fingerprint density at radius 1 is 1.12 bits per heavy atom. The maximum Gasteiger partial charge on any atom is 0.586 e. The Hall–Kier alpha value is -3.76. The molecule has 9 nitrogen and oxygen atoms in total. The van der Waals surface area contributed by atoms with E-state index in [0.717, 1.165) is 25.8 Å². The van der Waals surface area contributed by atoms with E-state index in [1.165, 1.54) is 21.8 Å². The number of benzene rings is 1. The van der Waals surface area contributed by atoms with Gasteiger partial charge in [0.05, 0.1) is 11.9 Å². The lowest BCUT2D eigenvalue weighted by molar-refractivity contribution is -0.286. The molecule has 7 rings (SSSR count). The fourth-order valence-corrected chi connectivity index (χ4v) is 4.91. The second-order valence-electron chi connectivity index (χ2n) is 8.50. The van der Waals surface area contributed by atoms with E-state index >= 15 is 0 Å². The smallest absolute Gasteiger partial charge is 0.395 e.